The highest BCUT2D eigenvalue weighted by atomic mass is 79.9. The Labute approximate surface area is 97.6 Å². The van der Waals surface area contributed by atoms with Crippen LogP contribution in [0.3, 0.4) is 0 Å². The zero-order valence-corrected chi connectivity index (χ0v) is 9.68. The molecule has 1 nitrogen and oxygen atoms in total. The van der Waals surface area contributed by atoms with E-state index in [1.807, 2.05) is 30.5 Å². The second-order valence-corrected chi connectivity index (χ2v) is 4.09. The first-order valence-corrected chi connectivity index (χ1v) is 5.47. The molecule has 74 valence electrons. The van der Waals surface area contributed by atoms with Crippen LogP contribution in [0.2, 0.25) is 0 Å². The summed E-state index contributed by atoms with van der Waals surface area (Å²) in [6, 6.07) is 12.2. The summed E-state index contributed by atoms with van der Waals surface area (Å²) in [6.07, 6.45) is 7.74. The number of nitrogens with zero attached hydrogens (tertiary/aromatic N) is 1. The molecular weight excluding hydrogens is 250 g/mol. The SMILES string of the molecule is Brc1ccc(/C=C\c2cccnc2)cc1. The molecule has 0 saturated heterocycles. The van der Waals surface area contributed by atoms with Gasteiger partial charge in [0.05, 0.1) is 0 Å². The largest absolute Gasteiger partial charge is 0.264 e. The average molecular weight is 260 g/mol. The van der Waals surface area contributed by atoms with Crippen LogP contribution < -0.4 is 0 Å². The summed E-state index contributed by atoms with van der Waals surface area (Å²) < 4.78 is 1.10. The van der Waals surface area contributed by atoms with Crippen molar-refractivity contribution in [2.45, 2.75) is 0 Å². The third kappa shape index (κ3) is 3.03. The molecule has 0 amide bonds. The number of halogens is 1. The highest BCUT2D eigenvalue weighted by Gasteiger charge is 1.88. The minimum absolute atomic E-state index is 1.10. The van der Waals surface area contributed by atoms with Crippen LogP contribution in [0.15, 0.2) is 53.3 Å². The smallest absolute Gasteiger partial charge is 0.0340 e. The van der Waals surface area contributed by atoms with Crippen molar-refractivity contribution in [1.82, 2.24) is 4.98 Å². The van der Waals surface area contributed by atoms with Crippen LogP contribution >= 0.6 is 15.9 Å². The molecule has 0 spiro atoms. The quantitative estimate of drug-likeness (QED) is 0.794. The highest BCUT2D eigenvalue weighted by molar-refractivity contribution is 9.10. The van der Waals surface area contributed by atoms with Crippen molar-refractivity contribution in [3.05, 3.63) is 64.4 Å². The molecule has 0 saturated carbocycles. The van der Waals surface area contributed by atoms with E-state index in [1.165, 1.54) is 5.56 Å². The fraction of sp³-hybridized carbons (Fsp3) is 0. The Bertz CT molecular complexity index is 446. The van der Waals surface area contributed by atoms with E-state index in [0.717, 1.165) is 10.0 Å². The lowest BCUT2D eigenvalue weighted by atomic mass is 10.2. The standard InChI is InChI=1S/C13H10BrN/c14-13-7-5-11(6-8-13)3-4-12-2-1-9-15-10-12/h1-10H/b4-3-. The van der Waals surface area contributed by atoms with Crippen molar-refractivity contribution in [3.8, 4) is 0 Å². The predicted molar refractivity (Wildman–Crippen MR) is 67.3 cm³/mol. The van der Waals surface area contributed by atoms with Gasteiger partial charge in [0.1, 0.15) is 0 Å². The number of aromatic nitrogens is 1. The summed E-state index contributed by atoms with van der Waals surface area (Å²) in [4.78, 5) is 4.05. The molecule has 0 bridgehead atoms. The van der Waals surface area contributed by atoms with Gasteiger partial charge in [0, 0.05) is 16.9 Å². The molecule has 2 heteroatoms. The molecule has 0 aliphatic heterocycles. The third-order valence-corrected chi connectivity index (χ3v) is 2.55. The summed E-state index contributed by atoms with van der Waals surface area (Å²) in [7, 11) is 0. The normalized spacial score (nSPS) is 10.7. The maximum atomic E-state index is 4.05. The number of rotatable bonds is 2. The Balaban J connectivity index is 2.15. The van der Waals surface area contributed by atoms with E-state index in [0.29, 0.717) is 0 Å². The number of hydrogen-bond donors (Lipinski definition) is 0. The van der Waals surface area contributed by atoms with Gasteiger partial charge in [0.2, 0.25) is 0 Å². The highest BCUT2D eigenvalue weighted by Crippen LogP contribution is 2.12. The van der Waals surface area contributed by atoms with Gasteiger partial charge in [-0.05, 0) is 29.3 Å². The first-order chi connectivity index (χ1) is 7.34. The first kappa shape index (κ1) is 10.1. The molecule has 0 radical (unpaired) electrons. The van der Waals surface area contributed by atoms with E-state index < -0.39 is 0 Å². The van der Waals surface area contributed by atoms with Crippen molar-refractivity contribution in [1.29, 1.82) is 0 Å². The number of hydrogen-bond acceptors (Lipinski definition) is 1. The van der Waals surface area contributed by atoms with Crippen LogP contribution in [0.25, 0.3) is 12.2 Å². The van der Waals surface area contributed by atoms with Crippen LogP contribution in [-0.4, -0.2) is 4.98 Å². The van der Waals surface area contributed by atoms with Crippen molar-refractivity contribution in [3.63, 3.8) is 0 Å². The Morgan fingerprint density at radius 2 is 1.67 bits per heavy atom. The van der Waals surface area contributed by atoms with Crippen LogP contribution in [0.4, 0.5) is 0 Å². The zero-order chi connectivity index (χ0) is 10.5. The lowest BCUT2D eigenvalue weighted by molar-refractivity contribution is 1.32. The lowest BCUT2D eigenvalue weighted by Crippen LogP contribution is -1.74. The molecular formula is C13H10BrN. The minimum atomic E-state index is 1.10. The summed E-state index contributed by atoms with van der Waals surface area (Å²) in [6.45, 7) is 0. The molecule has 0 fully saturated rings. The molecule has 1 aromatic carbocycles. The second-order valence-electron chi connectivity index (χ2n) is 3.17. The molecule has 0 atom stereocenters. The van der Waals surface area contributed by atoms with Gasteiger partial charge in [0.15, 0.2) is 0 Å². The van der Waals surface area contributed by atoms with Gasteiger partial charge in [-0.3, -0.25) is 4.98 Å². The Hall–Kier alpha value is -1.41. The summed E-state index contributed by atoms with van der Waals surface area (Å²) in [5, 5.41) is 0. The zero-order valence-electron chi connectivity index (χ0n) is 8.10. The van der Waals surface area contributed by atoms with Crippen molar-refractivity contribution in [2.24, 2.45) is 0 Å². The van der Waals surface area contributed by atoms with Crippen molar-refractivity contribution in [2.75, 3.05) is 0 Å². The van der Waals surface area contributed by atoms with E-state index in [4.69, 9.17) is 0 Å². The molecule has 0 N–H and O–H groups in total. The van der Waals surface area contributed by atoms with Crippen molar-refractivity contribution >= 4 is 28.1 Å². The average Bonchev–Trinajstić information content (AvgIpc) is 2.30. The maximum Gasteiger partial charge on any atom is 0.0340 e. The minimum Gasteiger partial charge on any atom is -0.264 e. The number of pyridine rings is 1. The number of benzene rings is 1. The molecule has 1 heterocycles. The van der Waals surface area contributed by atoms with Gasteiger partial charge in [-0.15, -0.1) is 0 Å². The summed E-state index contributed by atoms with van der Waals surface area (Å²) >= 11 is 3.41. The van der Waals surface area contributed by atoms with Crippen LogP contribution in [0.1, 0.15) is 11.1 Å². The van der Waals surface area contributed by atoms with Crippen LogP contribution in [-0.2, 0) is 0 Å². The fourth-order valence-corrected chi connectivity index (χ4v) is 1.51. The molecule has 15 heavy (non-hydrogen) atoms. The second kappa shape index (κ2) is 4.89. The topological polar surface area (TPSA) is 12.9 Å². The fourth-order valence-electron chi connectivity index (χ4n) is 1.24. The monoisotopic (exact) mass is 259 g/mol. The van der Waals surface area contributed by atoms with Gasteiger partial charge in [0.25, 0.3) is 0 Å². The van der Waals surface area contributed by atoms with Crippen molar-refractivity contribution < 1.29 is 0 Å². The van der Waals surface area contributed by atoms with Crippen LogP contribution in [0, 0.1) is 0 Å². The van der Waals surface area contributed by atoms with Gasteiger partial charge in [-0.2, -0.15) is 0 Å². The molecule has 0 aliphatic rings. The molecule has 2 aromatic rings. The van der Waals surface area contributed by atoms with Gasteiger partial charge >= 0.3 is 0 Å². The van der Waals surface area contributed by atoms with Gasteiger partial charge < -0.3 is 0 Å². The van der Waals surface area contributed by atoms with E-state index in [9.17, 15) is 0 Å². The van der Waals surface area contributed by atoms with Crippen LogP contribution in [0.5, 0.6) is 0 Å². The van der Waals surface area contributed by atoms with E-state index >= 15 is 0 Å². The molecule has 0 aliphatic carbocycles. The maximum absolute atomic E-state index is 4.05. The summed E-state index contributed by atoms with van der Waals surface area (Å²) in [5.41, 5.74) is 2.29. The Kier molecular flexibility index (Phi) is 3.30. The molecule has 0 unspecified atom stereocenters. The lowest BCUT2D eigenvalue weighted by Gasteiger charge is -1.94. The van der Waals surface area contributed by atoms with E-state index in [1.54, 1.807) is 6.20 Å². The molecule has 1 aromatic heterocycles. The van der Waals surface area contributed by atoms with Gasteiger partial charge in [-0.25, -0.2) is 0 Å². The summed E-state index contributed by atoms with van der Waals surface area (Å²) in [5.74, 6) is 0. The van der Waals surface area contributed by atoms with Gasteiger partial charge in [-0.1, -0.05) is 46.3 Å². The van der Waals surface area contributed by atoms with E-state index in [-0.39, 0.29) is 0 Å². The first-order valence-electron chi connectivity index (χ1n) is 4.68. The Morgan fingerprint density at radius 1 is 0.933 bits per heavy atom. The van der Waals surface area contributed by atoms with E-state index in [2.05, 4.69) is 45.2 Å². The Morgan fingerprint density at radius 3 is 2.33 bits per heavy atom. The molecule has 2 rings (SSSR count). The predicted octanol–water partition coefficient (Wildman–Crippen LogP) is 4.01. The third-order valence-electron chi connectivity index (χ3n) is 2.02.